The number of nitrogens with zero attached hydrogens (tertiary/aromatic N) is 2. The molecule has 100 valence electrons. The Morgan fingerprint density at radius 1 is 1.42 bits per heavy atom. The molecular weight excluding hydrogens is 326 g/mol. The molecule has 0 aliphatic heterocycles. The maximum Gasteiger partial charge on any atom is 0.122 e. The van der Waals surface area contributed by atoms with E-state index in [1.807, 2.05) is 30.6 Å². The van der Waals surface area contributed by atoms with Gasteiger partial charge in [0.1, 0.15) is 5.82 Å². The van der Waals surface area contributed by atoms with Crippen LogP contribution in [0.5, 0.6) is 0 Å². The Balaban J connectivity index is 1.73. The number of hydrogen-bond acceptors (Lipinski definition) is 2. The third-order valence-electron chi connectivity index (χ3n) is 3.28. The molecular formula is C14H15BrClN3. The van der Waals surface area contributed by atoms with Gasteiger partial charge in [0.05, 0.1) is 13.1 Å². The predicted octanol–water partition coefficient (Wildman–Crippen LogP) is 3.60. The molecule has 0 amide bonds. The lowest BCUT2D eigenvalue weighted by Gasteiger charge is -2.10. The summed E-state index contributed by atoms with van der Waals surface area (Å²) in [5, 5.41) is 4.27. The summed E-state index contributed by atoms with van der Waals surface area (Å²) in [6.07, 6.45) is 6.43. The monoisotopic (exact) mass is 339 g/mol. The van der Waals surface area contributed by atoms with Gasteiger partial charge in [-0.05, 0) is 30.5 Å². The highest BCUT2D eigenvalue weighted by atomic mass is 79.9. The summed E-state index contributed by atoms with van der Waals surface area (Å²) in [6.45, 7) is 1.58. The Labute approximate surface area is 126 Å². The fourth-order valence-corrected chi connectivity index (χ4v) is 2.74. The zero-order valence-electron chi connectivity index (χ0n) is 10.4. The van der Waals surface area contributed by atoms with Crippen LogP contribution in [0.2, 0.25) is 5.02 Å². The van der Waals surface area contributed by atoms with E-state index >= 15 is 0 Å². The van der Waals surface area contributed by atoms with Crippen molar-refractivity contribution in [3.63, 3.8) is 0 Å². The third kappa shape index (κ3) is 3.38. The van der Waals surface area contributed by atoms with Crippen molar-refractivity contribution in [3.8, 4) is 0 Å². The first-order chi connectivity index (χ1) is 9.22. The van der Waals surface area contributed by atoms with Crippen molar-refractivity contribution < 1.29 is 0 Å². The zero-order valence-corrected chi connectivity index (χ0v) is 12.8. The van der Waals surface area contributed by atoms with Crippen molar-refractivity contribution >= 4 is 27.5 Å². The molecule has 1 aliphatic rings. The van der Waals surface area contributed by atoms with Gasteiger partial charge in [0.15, 0.2) is 0 Å². The van der Waals surface area contributed by atoms with Gasteiger partial charge in [-0.15, -0.1) is 0 Å². The highest BCUT2D eigenvalue weighted by molar-refractivity contribution is 9.10. The zero-order chi connectivity index (χ0) is 13.2. The fraction of sp³-hybridized carbons (Fsp3) is 0.357. The van der Waals surface area contributed by atoms with Crippen molar-refractivity contribution in [3.05, 3.63) is 51.5 Å². The molecule has 19 heavy (non-hydrogen) atoms. The number of hydrogen-bond donors (Lipinski definition) is 1. The van der Waals surface area contributed by atoms with Gasteiger partial charge in [0, 0.05) is 27.9 Å². The van der Waals surface area contributed by atoms with Gasteiger partial charge in [0.25, 0.3) is 0 Å². The summed E-state index contributed by atoms with van der Waals surface area (Å²) < 4.78 is 3.15. The van der Waals surface area contributed by atoms with E-state index in [0.29, 0.717) is 6.04 Å². The Kier molecular flexibility index (Phi) is 3.91. The van der Waals surface area contributed by atoms with Crippen LogP contribution in [0.25, 0.3) is 0 Å². The molecule has 5 heteroatoms. The van der Waals surface area contributed by atoms with Gasteiger partial charge in [-0.3, -0.25) is 0 Å². The van der Waals surface area contributed by atoms with E-state index in [4.69, 9.17) is 11.6 Å². The van der Waals surface area contributed by atoms with Crippen LogP contribution in [0.4, 0.5) is 0 Å². The lowest BCUT2D eigenvalue weighted by Crippen LogP contribution is -2.19. The van der Waals surface area contributed by atoms with Crippen LogP contribution < -0.4 is 5.32 Å². The van der Waals surface area contributed by atoms with Gasteiger partial charge >= 0.3 is 0 Å². The van der Waals surface area contributed by atoms with E-state index in [9.17, 15) is 0 Å². The first-order valence-electron chi connectivity index (χ1n) is 6.40. The molecule has 1 aromatic carbocycles. The summed E-state index contributed by atoms with van der Waals surface area (Å²) in [5.74, 6) is 1.06. The van der Waals surface area contributed by atoms with Crippen LogP contribution >= 0.6 is 27.5 Å². The van der Waals surface area contributed by atoms with Gasteiger partial charge in [-0.1, -0.05) is 33.6 Å². The number of benzene rings is 1. The molecule has 1 N–H and O–H groups in total. The second-order valence-electron chi connectivity index (χ2n) is 4.86. The average Bonchev–Trinajstić information content (AvgIpc) is 3.11. The molecule has 1 heterocycles. The molecule has 1 saturated carbocycles. The molecule has 3 nitrogen and oxygen atoms in total. The Morgan fingerprint density at radius 2 is 2.26 bits per heavy atom. The number of imidazole rings is 1. The lowest BCUT2D eigenvalue weighted by molar-refractivity contribution is 0.618. The minimum atomic E-state index is 0.696. The van der Waals surface area contributed by atoms with Gasteiger partial charge in [0.2, 0.25) is 0 Å². The third-order valence-corrected chi connectivity index (χ3v) is 4.13. The van der Waals surface area contributed by atoms with E-state index in [1.54, 1.807) is 0 Å². The van der Waals surface area contributed by atoms with Crippen LogP contribution in [0, 0.1) is 0 Å². The molecule has 0 bridgehead atoms. The maximum atomic E-state index is 6.26. The highest BCUT2D eigenvalue weighted by Crippen LogP contribution is 2.23. The lowest BCUT2D eigenvalue weighted by atomic mass is 10.2. The summed E-state index contributed by atoms with van der Waals surface area (Å²) >= 11 is 9.68. The first kappa shape index (κ1) is 13.2. The van der Waals surface area contributed by atoms with E-state index in [-0.39, 0.29) is 0 Å². The summed E-state index contributed by atoms with van der Waals surface area (Å²) in [6, 6.07) is 6.68. The van der Waals surface area contributed by atoms with E-state index in [2.05, 4.69) is 30.8 Å². The molecule has 0 saturated heterocycles. The minimum absolute atomic E-state index is 0.696. The fourth-order valence-electron chi connectivity index (χ4n) is 2.01. The number of aromatic nitrogens is 2. The number of rotatable bonds is 5. The van der Waals surface area contributed by atoms with Crippen molar-refractivity contribution in [1.29, 1.82) is 0 Å². The molecule has 1 aliphatic carbocycles. The van der Waals surface area contributed by atoms with E-state index < -0.39 is 0 Å². The topological polar surface area (TPSA) is 29.9 Å². The number of halogens is 2. The highest BCUT2D eigenvalue weighted by Gasteiger charge is 2.20. The minimum Gasteiger partial charge on any atom is -0.329 e. The van der Waals surface area contributed by atoms with Crippen LogP contribution in [-0.2, 0) is 13.1 Å². The molecule has 3 rings (SSSR count). The van der Waals surface area contributed by atoms with E-state index in [1.165, 1.54) is 12.8 Å². The summed E-state index contributed by atoms with van der Waals surface area (Å²) in [7, 11) is 0. The molecule has 0 spiro atoms. The molecule has 1 fully saturated rings. The molecule has 0 unspecified atom stereocenters. The second-order valence-corrected chi connectivity index (χ2v) is 6.19. The Bertz CT molecular complexity index is 578. The smallest absolute Gasteiger partial charge is 0.122 e. The quantitative estimate of drug-likeness (QED) is 0.901. The van der Waals surface area contributed by atoms with Gasteiger partial charge in [-0.25, -0.2) is 4.98 Å². The Morgan fingerprint density at radius 3 is 3.00 bits per heavy atom. The largest absolute Gasteiger partial charge is 0.329 e. The standard InChI is InChI=1S/C14H15BrClN3/c15-11-2-1-10(13(16)7-11)9-19-6-5-17-14(19)8-18-12-3-4-12/h1-2,5-7,12,18H,3-4,8-9H2. The maximum absolute atomic E-state index is 6.26. The van der Waals surface area contributed by atoms with Crippen LogP contribution in [0.1, 0.15) is 24.2 Å². The van der Waals surface area contributed by atoms with Crippen molar-refractivity contribution in [2.45, 2.75) is 32.0 Å². The molecule has 2 aromatic rings. The number of nitrogens with one attached hydrogen (secondary N) is 1. The van der Waals surface area contributed by atoms with Crippen molar-refractivity contribution in [2.75, 3.05) is 0 Å². The normalized spacial score (nSPS) is 14.8. The van der Waals surface area contributed by atoms with E-state index in [0.717, 1.165) is 34.0 Å². The predicted molar refractivity (Wildman–Crippen MR) is 80.3 cm³/mol. The van der Waals surface area contributed by atoms with Crippen molar-refractivity contribution in [2.24, 2.45) is 0 Å². The Hall–Kier alpha value is -0.840. The average molecular weight is 341 g/mol. The van der Waals surface area contributed by atoms with Crippen LogP contribution in [0.3, 0.4) is 0 Å². The summed E-state index contributed by atoms with van der Waals surface area (Å²) in [5.41, 5.74) is 1.11. The van der Waals surface area contributed by atoms with Crippen LogP contribution in [-0.4, -0.2) is 15.6 Å². The van der Waals surface area contributed by atoms with Gasteiger partial charge < -0.3 is 9.88 Å². The first-order valence-corrected chi connectivity index (χ1v) is 7.57. The van der Waals surface area contributed by atoms with Gasteiger partial charge in [-0.2, -0.15) is 0 Å². The molecule has 1 aromatic heterocycles. The summed E-state index contributed by atoms with van der Waals surface area (Å²) in [4.78, 5) is 4.41. The SMILES string of the molecule is Clc1cc(Br)ccc1Cn1ccnc1CNC1CC1. The van der Waals surface area contributed by atoms with Crippen molar-refractivity contribution in [1.82, 2.24) is 14.9 Å². The molecule has 0 atom stereocenters. The second kappa shape index (κ2) is 5.65. The molecule has 0 radical (unpaired) electrons. The van der Waals surface area contributed by atoms with Crippen LogP contribution in [0.15, 0.2) is 35.1 Å².